The molecule has 1 fully saturated rings. The van der Waals surface area contributed by atoms with Crippen molar-refractivity contribution in [1.82, 2.24) is 10.4 Å². The summed E-state index contributed by atoms with van der Waals surface area (Å²) in [5.74, 6) is -2.69. The minimum atomic E-state index is -1.39. The van der Waals surface area contributed by atoms with Gasteiger partial charge in [-0.3, -0.25) is 15.0 Å². The van der Waals surface area contributed by atoms with Crippen molar-refractivity contribution in [2.75, 3.05) is 0 Å². The molecule has 6 nitrogen and oxygen atoms in total. The standard InChI is InChI=1S/C21H28Cl2N2O4/c1-13(2)10-18(21(28)29)25(20(27)16-12-15(22)8-9-17(16)23)24-19(26)11-14-6-4-3-5-7-14/h8-9,12-14,18H,3-7,10-11H2,1-2H3,(H,24,26)(H,28,29)/t18-/m1/s1/i/hD. The van der Waals surface area contributed by atoms with Crippen LogP contribution in [0.25, 0.3) is 0 Å². The highest BCUT2D eigenvalue weighted by Gasteiger charge is 2.34. The third-order valence-electron chi connectivity index (χ3n) is 5.05. The number of aliphatic carboxylic acids is 1. The quantitative estimate of drug-likeness (QED) is 0.584. The molecule has 1 atom stereocenters. The number of halogens is 2. The van der Waals surface area contributed by atoms with Gasteiger partial charge in [-0.25, -0.2) is 9.80 Å². The first-order valence-electron chi connectivity index (χ1n) is 10.4. The van der Waals surface area contributed by atoms with Crippen molar-refractivity contribution < 1.29 is 20.9 Å². The molecule has 29 heavy (non-hydrogen) atoms. The molecule has 160 valence electrons. The SMILES string of the molecule is [2H]N(C(=O)CC1CCCCC1)N(C(=O)c1cc(Cl)ccc1Cl)[C@H](CC(C)C)C(=O)O. The monoisotopic (exact) mass is 443 g/mol. The number of hydrogen-bond donors (Lipinski definition) is 2. The number of nitrogens with zero attached hydrogens (tertiary/aromatic N) is 1. The van der Waals surface area contributed by atoms with Crippen LogP contribution >= 0.6 is 23.2 Å². The van der Waals surface area contributed by atoms with Crippen LogP contribution in [0.2, 0.25) is 11.5 Å². The third-order valence-corrected chi connectivity index (χ3v) is 5.61. The van der Waals surface area contributed by atoms with Crippen LogP contribution in [0.1, 0.15) is 69.2 Å². The Labute approximate surface area is 183 Å². The predicted molar refractivity (Wildman–Crippen MR) is 113 cm³/mol. The number of carboxylic acid groups (broad SMARTS) is 1. The van der Waals surface area contributed by atoms with E-state index in [1.54, 1.807) is 0 Å². The maximum atomic E-state index is 13.3. The first-order chi connectivity index (χ1) is 14.1. The third kappa shape index (κ3) is 6.89. The Balaban J connectivity index is 2.38. The summed E-state index contributed by atoms with van der Waals surface area (Å²) >= 11 is 12.1. The van der Waals surface area contributed by atoms with Gasteiger partial charge >= 0.3 is 5.97 Å². The van der Waals surface area contributed by atoms with Crippen LogP contribution < -0.4 is 5.42 Å². The van der Waals surface area contributed by atoms with E-state index in [1.807, 2.05) is 13.8 Å². The van der Waals surface area contributed by atoms with E-state index in [1.165, 1.54) is 18.2 Å². The Morgan fingerprint density at radius 2 is 1.90 bits per heavy atom. The number of benzene rings is 1. The molecule has 1 aromatic rings. The largest absolute Gasteiger partial charge is 0.480 e. The van der Waals surface area contributed by atoms with E-state index in [9.17, 15) is 19.5 Å². The molecule has 8 heteroatoms. The van der Waals surface area contributed by atoms with E-state index in [2.05, 4.69) is 0 Å². The van der Waals surface area contributed by atoms with Crippen molar-refractivity contribution in [3.63, 3.8) is 0 Å². The molecule has 2 N–H and O–H groups in total. The fourth-order valence-electron chi connectivity index (χ4n) is 3.59. The molecule has 0 aliphatic heterocycles. The Morgan fingerprint density at radius 3 is 2.48 bits per heavy atom. The molecular formula is C21H28Cl2N2O4. The van der Waals surface area contributed by atoms with E-state index >= 15 is 0 Å². The van der Waals surface area contributed by atoms with Crippen molar-refractivity contribution in [3.05, 3.63) is 33.8 Å². The van der Waals surface area contributed by atoms with Gasteiger partial charge in [0.25, 0.3) is 5.91 Å². The number of carbonyl (C=O) groups excluding carboxylic acids is 2. The number of carbonyl (C=O) groups is 3. The molecule has 1 aliphatic rings. The number of hydrazine groups is 1. The molecule has 0 saturated heterocycles. The molecule has 0 unspecified atom stereocenters. The maximum Gasteiger partial charge on any atom is 0.328 e. The van der Waals surface area contributed by atoms with Crippen molar-refractivity contribution in [3.8, 4) is 0 Å². The second-order valence-electron chi connectivity index (χ2n) is 7.96. The van der Waals surface area contributed by atoms with Gasteiger partial charge in [-0.05, 0) is 49.3 Å². The molecule has 1 aliphatic carbocycles. The van der Waals surface area contributed by atoms with Crippen LogP contribution in [0.4, 0.5) is 0 Å². The van der Waals surface area contributed by atoms with Gasteiger partial charge in [0.1, 0.15) is 0 Å². The minimum absolute atomic E-state index is 0.0538. The Bertz CT molecular complexity index is 784. The van der Waals surface area contributed by atoms with Gasteiger partial charge in [-0.2, -0.15) is 0 Å². The van der Waals surface area contributed by atoms with Gasteiger partial charge in [0.2, 0.25) is 5.91 Å². The van der Waals surface area contributed by atoms with Crippen LogP contribution in [-0.2, 0) is 9.59 Å². The van der Waals surface area contributed by atoms with Crippen molar-refractivity contribution in [1.29, 1.82) is 0 Å². The first kappa shape index (κ1) is 21.9. The summed E-state index contributed by atoms with van der Waals surface area (Å²) in [6.45, 7) is 3.62. The number of amides is 2. The normalized spacial score (nSPS) is 16.2. The van der Waals surface area contributed by atoms with E-state index in [-0.39, 0.29) is 40.3 Å². The highest BCUT2D eigenvalue weighted by molar-refractivity contribution is 6.35. The number of hydrogen-bond acceptors (Lipinski definition) is 3. The van der Waals surface area contributed by atoms with E-state index in [4.69, 9.17) is 24.6 Å². The fraction of sp³-hybridized carbons (Fsp3) is 0.571. The minimum Gasteiger partial charge on any atom is -0.480 e. The highest BCUT2D eigenvalue weighted by atomic mass is 35.5. The summed E-state index contributed by atoms with van der Waals surface area (Å²) in [5.41, 5.74) is 0.358. The lowest BCUT2D eigenvalue weighted by Gasteiger charge is -2.31. The summed E-state index contributed by atoms with van der Waals surface area (Å²) in [7, 11) is 0. The summed E-state index contributed by atoms with van der Waals surface area (Å²) in [4.78, 5) is 38.1. The molecule has 2 amide bonds. The van der Waals surface area contributed by atoms with Gasteiger partial charge in [-0.1, -0.05) is 56.3 Å². The average Bonchev–Trinajstić information content (AvgIpc) is 2.69. The molecular weight excluding hydrogens is 415 g/mol. The van der Waals surface area contributed by atoms with Crippen LogP contribution in [0.3, 0.4) is 0 Å². The number of nitrogens with one attached hydrogen (secondary N) is 1. The van der Waals surface area contributed by atoms with E-state index < -0.39 is 23.8 Å². The zero-order chi connectivity index (χ0) is 22.4. The lowest BCUT2D eigenvalue weighted by Crippen LogP contribution is -2.55. The van der Waals surface area contributed by atoms with Crippen LogP contribution in [0.5, 0.6) is 0 Å². The topological polar surface area (TPSA) is 86.7 Å². The maximum absolute atomic E-state index is 13.3. The predicted octanol–water partition coefficient (Wildman–Crippen LogP) is 4.94. The molecule has 1 saturated carbocycles. The van der Waals surface area contributed by atoms with Gasteiger partial charge in [0.15, 0.2) is 7.45 Å². The van der Waals surface area contributed by atoms with Gasteiger partial charge in [0, 0.05) is 11.4 Å². The molecule has 1 aromatic carbocycles. The molecule has 0 spiro atoms. The lowest BCUT2D eigenvalue weighted by atomic mass is 9.87. The fourth-order valence-corrected chi connectivity index (χ4v) is 3.96. The lowest BCUT2D eigenvalue weighted by molar-refractivity contribution is -0.145. The molecule has 0 radical (unpaired) electrons. The summed E-state index contributed by atoms with van der Waals surface area (Å²) in [5, 5.41) is 10.8. The van der Waals surface area contributed by atoms with Gasteiger partial charge in [0.05, 0.1) is 10.6 Å². The van der Waals surface area contributed by atoms with E-state index in [0.717, 1.165) is 32.1 Å². The molecule has 0 bridgehead atoms. The average molecular weight is 444 g/mol. The van der Waals surface area contributed by atoms with Crippen molar-refractivity contribution in [2.45, 2.75) is 64.8 Å². The van der Waals surface area contributed by atoms with Crippen molar-refractivity contribution >= 4 is 41.0 Å². The summed E-state index contributed by atoms with van der Waals surface area (Å²) in [6, 6.07) is 2.85. The molecule has 2 rings (SSSR count). The number of carboxylic acids is 1. The van der Waals surface area contributed by atoms with E-state index in [0.29, 0.717) is 10.4 Å². The van der Waals surface area contributed by atoms with Gasteiger partial charge in [-0.15, -0.1) is 0 Å². The first-order valence-corrected chi connectivity index (χ1v) is 10.7. The van der Waals surface area contributed by atoms with Crippen molar-refractivity contribution in [2.24, 2.45) is 11.8 Å². The Morgan fingerprint density at radius 1 is 1.24 bits per heavy atom. The second kappa shape index (κ2) is 10.8. The summed E-state index contributed by atoms with van der Waals surface area (Å²) in [6.07, 6.45) is 5.15. The highest BCUT2D eigenvalue weighted by Crippen LogP contribution is 2.27. The smallest absolute Gasteiger partial charge is 0.328 e. The molecule has 0 heterocycles. The molecule has 0 aromatic heterocycles. The zero-order valence-corrected chi connectivity index (χ0v) is 18.2. The number of rotatable bonds is 7. The Hall–Kier alpha value is -1.79. The van der Waals surface area contributed by atoms with Crippen LogP contribution in [0, 0.1) is 11.8 Å². The second-order valence-corrected chi connectivity index (χ2v) is 8.80. The van der Waals surface area contributed by atoms with Gasteiger partial charge < -0.3 is 5.11 Å². The zero-order valence-electron chi connectivity index (χ0n) is 17.7. The summed E-state index contributed by atoms with van der Waals surface area (Å²) < 4.78 is 8.38. The van der Waals surface area contributed by atoms with Crippen LogP contribution in [0.15, 0.2) is 18.2 Å². The van der Waals surface area contributed by atoms with Crippen LogP contribution in [-0.4, -0.2) is 33.9 Å². The Kier molecular flexibility index (Phi) is 8.19.